The summed E-state index contributed by atoms with van der Waals surface area (Å²) in [6.45, 7) is 6.01. The Balaban J connectivity index is 2.71. The summed E-state index contributed by atoms with van der Waals surface area (Å²) >= 11 is 0. The van der Waals surface area contributed by atoms with Crippen LogP contribution in [0, 0.1) is 20.8 Å². The highest BCUT2D eigenvalue weighted by atomic mass is 16.5. The molecule has 2 aromatic carbocycles. The number of hydrogen-bond donors (Lipinski definition) is 2. The molecule has 0 saturated carbocycles. The summed E-state index contributed by atoms with van der Waals surface area (Å²) in [5.74, 6) is -0.638. The summed E-state index contributed by atoms with van der Waals surface area (Å²) in [4.78, 5) is 0. The second-order valence-corrected chi connectivity index (χ2v) is 4.84. The predicted molar refractivity (Wildman–Crippen MR) is 78.4 cm³/mol. The molecule has 2 N–H and O–H groups in total. The zero-order valence-corrected chi connectivity index (χ0v) is 11.4. The van der Waals surface area contributed by atoms with Crippen LogP contribution in [-0.4, -0.2) is 10.2 Å². The van der Waals surface area contributed by atoms with Gasteiger partial charge in [-0.3, -0.25) is 0 Å². The van der Waals surface area contributed by atoms with Crippen LogP contribution in [0.25, 0.3) is 5.57 Å². The summed E-state index contributed by atoms with van der Waals surface area (Å²) in [6, 6.07) is 13.5. The zero-order chi connectivity index (χ0) is 14.0. The van der Waals surface area contributed by atoms with E-state index in [9.17, 15) is 10.2 Å². The average molecular weight is 254 g/mol. The Kier molecular flexibility index (Phi) is 3.61. The Morgan fingerprint density at radius 3 is 1.84 bits per heavy atom. The molecule has 0 amide bonds. The molecule has 0 aliphatic rings. The van der Waals surface area contributed by atoms with Crippen LogP contribution < -0.4 is 0 Å². The average Bonchev–Trinajstić information content (AvgIpc) is 2.34. The highest BCUT2D eigenvalue weighted by Gasteiger charge is 2.16. The summed E-state index contributed by atoms with van der Waals surface area (Å²) in [7, 11) is 0. The lowest BCUT2D eigenvalue weighted by atomic mass is 9.90. The van der Waals surface area contributed by atoms with Crippen molar-refractivity contribution in [3.05, 3.63) is 76.2 Å². The number of aliphatic hydroxyl groups is 2. The Hall–Kier alpha value is -2.22. The monoisotopic (exact) mass is 254 g/mol. The Morgan fingerprint density at radius 2 is 1.37 bits per heavy atom. The Bertz CT molecular complexity index is 598. The molecular formula is C17H18O2. The fourth-order valence-electron chi connectivity index (χ4n) is 2.56. The molecule has 2 rings (SSSR count). The van der Waals surface area contributed by atoms with Gasteiger partial charge in [0.1, 0.15) is 0 Å². The van der Waals surface area contributed by atoms with Crippen LogP contribution in [0.3, 0.4) is 0 Å². The van der Waals surface area contributed by atoms with Gasteiger partial charge in [0.05, 0.1) is 5.57 Å². The molecule has 2 aromatic rings. The van der Waals surface area contributed by atoms with E-state index in [1.807, 2.05) is 63.2 Å². The summed E-state index contributed by atoms with van der Waals surface area (Å²) in [5.41, 5.74) is 5.42. The van der Waals surface area contributed by atoms with Gasteiger partial charge in [-0.25, -0.2) is 0 Å². The normalized spacial score (nSPS) is 10.3. The molecule has 0 unspecified atom stereocenters. The molecule has 0 atom stereocenters. The molecule has 0 aliphatic carbocycles. The molecule has 2 nitrogen and oxygen atoms in total. The third kappa shape index (κ3) is 2.63. The van der Waals surface area contributed by atoms with Crippen LogP contribution in [-0.2, 0) is 0 Å². The molecule has 98 valence electrons. The predicted octanol–water partition coefficient (Wildman–Crippen LogP) is 4.44. The van der Waals surface area contributed by atoms with Crippen LogP contribution in [0.5, 0.6) is 0 Å². The van der Waals surface area contributed by atoms with Crippen molar-refractivity contribution in [3.63, 3.8) is 0 Å². The summed E-state index contributed by atoms with van der Waals surface area (Å²) in [6.07, 6.45) is 0. The number of rotatable bonds is 2. The number of hydrogen-bond acceptors (Lipinski definition) is 2. The molecular weight excluding hydrogens is 236 g/mol. The van der Waals surface area contributed by atoms with Crippen LogP contribution in [0.15, 0.2) is 48.4 Å². The minimum Gasteiger partial charge on any atom is -0.481 e. The highest BCUT2D eigenvalue weighted by molar-refractivity contribution is 5.83. The van der Waals surface area contributed by atoms with E-state index in [2.05, 4.69) is 0 Å². The van der Waals surface area contributed by atoms with Crippen molar-refractivity contribution < 1.29 is 10.2 Å². The van der Waals surface area contributed by atoms with E-state index < -0.39 is 5.95 Å². The molecule has 0 spiro atoms. The van der Waals surface area contributed by atoms with Crippen molar-refractivity contribution >= 4 is 5.57 Å². The van der Waals surface area contributed by atoms with Gasteiger partial charge in [-0.05, 0) is 43.0 Å². The first-order valence-electron chi connectivity index (χ1n) is 6.26. The molecule has 0 bridgehead atoms. The van der Waals surface area contributed by atoms with Crippen molar-refractivity contribution in [2.45, 2.75) is 20.8 Å². The van der Waals surface area contributed by atoms with Crippen LogP contribution >= 0.6 is 0 Å². The van der Waals surface area contributed by atoms with Crippen molar-refractivity contribution in [1.82, 2.24) is 0 Å². The van der Waals surface area contributed by atoms with E-state index >= 15 is 0 Å². The molecule has 0 saturated heterocycles. The fraction of sp³-hybridized carbons (Fsp3) is 0.176. The Morgan fingerprint density at radius 1 is 0.842 bits per heavy atom. The van der Waals surface area contributed by atoms with Gasteiger partial charge in [0.2, 0.25) is 0 Å². The zero-order valence-electron chi connectivity index (χ0n) is 11.4. The first kappa shape index (κ1) is 13.2. The molecule has 0 aliphatic heterocycles. The van der Waals surface area contributed by atoms with Crippen molar-refractivity contribution in [1.29, 1.82) is 0 Å². The van der Waals surface area contributed by atoms with E-state index in [0.717, 1.165) is 22.3 Å². The largest absolute Gasteiger partial charge is 0.481 e. The maximum absolute atomic E-state index is 9.67. The van der Waals surface area contributed by atoms with Crippen molar-refractivity contribution in [2.24, 2.45) is 0 Å². The van der Waals surface area contributed by atoms with Crippen molar-refractivity contribution in [3.8, 4) is 0 Å². The maximum Gasteiger partial charge on any atom is 0.282 e. The van der Waals surface area contributed by atoms with Gasteiger partial charge in [-0.15, -0.1) is 0 Å². The number of aryl methyl sites for hydroxylation is 3. The Labute approximate surface area is 113 Å². The SMILES string of the molecule is Cc1cc(C)c(C(=C(O)O)c2ccccc2)c(C)c1. The van der Waals surface area contributed by atoms with Gasteiger partial charge in [-0.1, -0.05) is 48.0 Å². The van der Waals surface area contributed by atoms with E-state index in [-0.39, 0.29) is 0 Å². The maximum atomic E-state index is 9.67. The molecule has 0 radical (unpaired) electrons. The molecule has 0 fully saturated rings. The van der Waals surface area contributed by atoms with Gasteiger partial charge >= 0.3 is 0 Å². The molecule has 0 aromatic heterocycles. The third-order valence-corrected chi connectivity index (χ3v) is 3.21. The van der Waals surface area contributed by atoms with E-state index in [1.54, 1.807) is 0 Å². The minimum atomic E-state index is -0.638. The summed E-state index contributed by atoms with van der Waals surface area (Å²) in [5, 5.41) is 19.3. The number of benzene rings is 2. The van der Waals surface area contributed by atoms with Crippen LogP contribution in [0.2, 0.25) is 0 Å². The molecule has 0 heterocycles. The lowest BCUT2D eigenvalue weighted by Gasteiger charge is -2.15. The molecule has 19 heavy (non-hydrogen) atoms. The summed E-state index contributed by atoms with van der Waals surface area (Å²) < 4.78 is 0. The second-order valence-electron chi connectivity index (χ2n) is 4.84. The lowest BCUT2D eigenvalue weighted by Crippen LogP contribution is -2.00. The van der Waals surface area contributed by atoms with Crippen LogP contribution in [0.1, 0.15) is 27.8 Å². The van der Waals surface area contributed by atoms with Gasteiger partial charge in [-0.2, -0.15) is 0 Å². The van der Waals surface area contributed by atoms with E-state index in [4.69, 9.17) is 0 Å². The smallest absolute Gasteiger partial charge is 0.282 e. The first-order valence-corrected chi connectivity index (χ1v) is 6.26. The van der Waals surface area contributed by atoms with Crippen molar-refractivity contribution in [2.75, 3.05) is 0 Å². The standard InChI is InChI=1S/C17H18O2/c1-11-9-12(2)15(13(3)10-11)16(17(18)19)14-7-5-4-6-8-14/h4-10,18-19H,1-3H3. The van der Waals surface area contributed by atoms with Gasteiger partial charge in [0, 0.05) is 0 Å². The van der Waals surface area contributed by atoms with Gasteiger partial charge in [0.15, 0.2) is 0 Å². The molecule has 2 heteroatoms. The van der Waals surface area contributed by atoms with E-state index in [0.29, 0.717) is 5.57 Å². The van der Waals surface area contributed by atoms with Crippen LogP contribution in [0.4, 0.5) is 0 Å². The number of aliphatic hydroxyl groups excluding tert-OH is 1. The highest BCUT2D eigenvalue weighted by Crippen LogP contribution is 2.31. The minimum absolute atomic E-state index is 0.482. The van der Waals surface area contributed by atoms with Gasteiger partial charge in [0.25, 0.3) is 5.95 Å². The topological polar surface area (TPSA) is 40.5 Å². The third-order valence-electron chi connectivity index (χ3n) is 3.21. The lowest BCUT2D eigenvalue weighted by molar-refractivity contribution is 0.194. The second kappa shape index (κ2) is 5.19. The first-order chi connectivity index (χ1) is 9.00. The quantitative estimate of drug-likeness (QED) is 0.777. The van der Waals surface area contributed by atoms with Gasteiger partial charge < -0.3 is 10.2 Å². The fourth-order valence-corrected chi connectivity index (χ4v) is 2.56. The van der Waals surface area contributed by atoms with E-state index in [1.165, 1.54) is 5.56 Å².